The fraction of sp³-hybridized carbons (Fsp3) is 0.655. The summed E-state index contributed by atoms with van der Waals surface area (Å²) in [6, 6.07) is 6.70. The topological polar surface area (TPSA) is 148 Å². The van der Waals surface area contributed by atoms with Gasteiger partial charge in [0.15, 0.2) is 12.4 Å². The Morgan fingerprint density at radius 1 is 1.13 bits per heavy atom. The van der Waals surface area contributed by atoms with Crippen LogP contribution in [0, 0.1) is 29.1 Å². The lowest BCUT2D eigenvalue weighted by atomic mass is 9.55. The molecular formula is C29H45N3O6. The maximum absolute atomic E-state index is 14.1. The number of hydrogen-bond acceptors (Lipinski definition) is 7. The van der Waals surface area contributed by atoms with E-state index in [2.05, 4.69) is 10.6 Å². The van der Waals surface area contributed by atoms with Gasteiger partial charge in [-0.05, 0) is 36.3 Å². The Balaban J connectivity index is 2.41. The van der Waals surface area contributed by atoms with E-state index in [0.29, 0.717) is 18.7 Å². The lowest BCUT2D eigenvalue weighted by Gasteiger charge is -2.48. The number of rotatable bonds is 13. The fourth-order valence-electron chi connectivity index (χ4n) is 5.24. The first-order valence-corrected chi connectivity index (χ1v) is 13.6. The normalized spacial score (nSPS) is 24.2. The van der Waals surface area contributed by atoms with Gasteiger partial charge in [-0.3, -0.25) is 19.2 Å². The number of aliphatic hydroxyl groups excluding tert-OH is 1. The van der Waals surface area contributed by atoms with Crippen molar-refractivity contribution < 1.29 is 29.0 Å². The number of carbonyl (C=O) groups is 4. The Morgan fingerprint density at radius 2 is 1.76 bits per heavy atom. The van der Waals surface area contributed by atoms with Gasteiger partial charge in [0.2, 0.25) is 5.91 Å². The number of para-hydroxylation sites is 1. The number of nitrogens with two attached hydrogens (primary N) is 1. The summed E-state index contributed by atoms with van der Waals surface area (Å²) < 4.78 is 5.48. The van der Waals surface area contributed by atoms with Gasteiger partial charge in [0, 0.05) is 19.0 Å². The van der Waals surface area contributed by atoms with E-state index in [1.807, 2.05) is 33.8 Å². The van der Waals surface area contributed by atoms with Gasteiger partial charge in [0.1, 0.15) is 16.9 Å². The molecular weight excluding hydrogens is 486 g/mol. The van der Waals surface area contributed by atoms with E-state index in [1.54, 1.807) is 38.1 Å². The van der Waals surface area contributed by atoms with E-state index in [1.165, 1.54) is 0 Å². The van der Waals surface area contributed by atoms with Crippen LogP contribution in [0.3, 0.4) is 0 Å². The molecule has 2 amide bonds. The van der Waals surface area contributed by atoms with E-state index < -0.39 is 58.8 Å². The summed E-state index contributed by atoms with van der Waals surface area (Å²) >= 11 is 0. The SMILES string of the molecule is CCC(C)CNC(=O)[C@]1(C(C)C)C(=O)[C@@H](NC(=O)COc2ccccc2)CC(=O)C1[C@H](O)[C@@H](N)CC(C)C. The Morgan fingerprint density at radius 3 is 2.32 bits per heavy atom. The van der Waals surface area contributed by atoms with Gasteiger partial charge in [0.25, 0.3) is 5.91 Å². The van der Waals surface area contributed by atoms with Crippen molar-refractivity contribution >= 4 is 23.4 Å². The highest BCUT2D eigenvalue weighted by atomic mass is 16.5. The molecule has 9 heteroatoms. The Bertz CT molecular complexity index is 966. The van der Waals surface area contributed by atoms with Crippen LogP contribution in [-0.4, -0.2) is 59.8 Å². The van der Waals surface area contributed by atoms with Gasteiger partial charge in [-0.25, -0.2) is 0 Å². The van der Waals surface area contributed by atoms with Crippen LogP contribution >= 0.6 is 0 Å². The van der Waals surface area contributed by atoms with Crippen LogP contribution in [0.4, 0.5) is 0 Å². The molecule has 0 heterocycles. The molecule has 1 saturated carbocycles. The molecule has 1 aliphatic carbocycles. The van der Waals surface area contributed by atoms with Crippen LogP contribution in [-0.2, 0) is 19.2 Å². The smallest absolute Gasteiger partial charge is 0.258 e. The molecule has 9 nitrogen and oxygen atoms in total. The van der Waals surface area contributed by atoms with Gasteiger partial charge < -0.3 is 26.2 Å². The van der Waals surface area contributed by atoms with Gasteiger partial charge in [-0.1, -0.05) is 66.2 Å². The maximum Gasteiger partial charge on any atom is 0.258 e. The molecule has 6 atom stereocenters. The van der Waals surface area contributed by atoms with Crippen LogP contribution in [0.2, 0.25) is 0 Å². The van der Waals surface area contributed by atoms with Crippen molar-refractivity contribution in [3.63, 3.8) is 0 Å². The number of nitrogens with one attached hydrogen (secondary N) is 2. The zero-order chi connectivity index (χ0) is 28.6. The number of carbonyl (C=O) groups excluding carboxylic acids is 4. The molecule has 1 aliphatic rings. The molecule has 1 aromatic rings. The molecule has 1 fully saturated rings. The van der Waals surface area contributed by atoms with E-state index in [-0.39, 0.29) is 24.9 Å². The number of benzene rings is 1. The third-order valence-corrected chi connectivity index (χ3v) is 7.53. The summed E-state index contributed by atoms with van der Waals surface area (Å²) in [5.41, 5.74) is 4.41. The minimum atomic E-state index is -1.89. The van der Waals surface area contributed by atoms with Crippen molar-refractivity contribution in [1.29, 1.82) is 0 Å². The van der Waals surface area contributed by atoms with Crippen LogP contribution in [0.15, 0.2) is 30.3 Å². The molecule has 212 valence electrons. The van der Waals surface area contributed by atoms with E-state index >= 15 is 0 Å². The van der Waals surface area contributed by atoms with Gasteiger partial charge >= 0.3 is 0 Å². The van der Waals surface area contributed by atoms with Gasteiger partial charge in [0.05, 0.1) is 18.1 Å². The van der Waals surface area contributed by atoms with Gasteiger partial charge in [-0.15, -0.1) is 0 Å². The third kappa shape index (κ3) is 7.20. The van der Waals surface area contributed by atoms with E-state index in [0.717, 1.165) is 6.42 Å². The number of Topliss-reactive ketones (excluding diaryl/α,β-unsaturated/α-hetero) is 2. The summed E-state index contributed by atoms with van der Waals surface area (Å²) in [6.07, 6.45) is -0.505. The number of ether oxygens (including phenoxy) is 1. The zero-order valence-electron chi connectivity index (χ0n) is 23.5. The molecule has 0 radical (unpaired) electrons. The van der Waals surface area contributed by atoms with Gasteiger partial charge in [-0.2, -0.15) is 0 Å². The average molecular weight is 532 g/mol. The second-order valence-electron chi connectivity index (χ2n) is 11.3. The first kappa shape index (κ1) is 31.4. The third-order valence-electron chi connectivity index (χ3n) is 7.53. The highest BCUT2D eigenvalue weighted by Gasteiger charge is 2.64. The van der Waals surface area contributed by atoms with Crippen LogP contribution in [0.5, 0.6) is 5.75 Å². The summed E-state index contributed by atoms with van der Waals surface area (Å²) in [5.74, 6) is -3.48. The predicted octanol–water partition coefficient (Wildman–Crippen LogP) is 2.25. The molecule has 0 spiro atoms. The molecule has 2 unspecified atom stereocenters. The molecule has 5 N–H and O–H groups in total. The summed E-state index contributed by atoms with van der Waals surface area (Å²) in [4.78, 5) is 54.4. The van der Waals surface area contributed by atoms with E-state index in [9.17, 15) is 24.3 Å². The molecule has 0 bridgehead atoms. The Hall–Kier alpha value is -2.78. The fourth-order valence-corrected chi connectivity index (χ4v) is 5.24. The van der Waals surface area contributed by atoms with E-state index in [4.69, 9.17) is 10.5 Å². The average Bonchev–Trinajstić information content (AvgIpc) is 2.87. The summed E-state index contributed by atoms with van der Waals surface area (Å²) in [6.45, 7) is 11.2. The van der Waals surface area contributed by atoms with Crippen molar-refractivity contribution in [3.05, 3.63) is 30.3 Å². The minimum Gasteiger partial charge on any atom is -0.484 e. The van der Waals surface area contributed by atoms with Crippen molar-refractivity contribution in [2.75, 3.05) is 13.2 Å². The maximum atomic E-state index is 14.1. The zero-order valence-corrected chi connectivity index (χ0v) is 23.5. The monoisotopic (exact) mass is 531 g/mol. The first-order chi connectivity index (χ1) is 17.9. The molecule has 1 aromatic carbocycles. The van der Waals surface area contributed by atoms with Crippen molar-refractivity contribution in [1.82, 2.24) is 10.6 Å². The minimum absolute atomic E-state index is 0.137. The lowest BCUT2D eigenvalue weighted by molar-refractivity contribution is -0.168. The van der Waals surface area contributed by atoms with Crippen molar-refractivity contribution in [3.8, 4) is 5.75 Å². The first-order valence-electron chi connectivity index (χ1n) is 13.6. The largest absolute Gasteiger partial charge is 0.484 e. The summed E-state index contributed by atoms with van der Waals surface area (Å²) in [5, 5.41) is 16.8. The van der Waals surface area contributed by atoms with Crippen LogP contribution < -0.4 is 21.1 Å². The Labute approximate surface area is 226 Å². The number of hydrogen-bond donors (Lipinski definition) is 4. The quantitative estimate of drug-likeness (QED) is 0.285. The molecule has 38 heavy (non-hydrogen) atoms. The predicted molar refractivity (Wildman–Crippen MR) is 145 cm³/mol. The van der Waals surface area contributed by atoms with Crippen LogP contribution in [0.25, 0.3) is 0 Å². The Kier molecular flexibility index (Phi) is 11.5. The number of amides is 2. The molecule has 0 saturated heterocycles. The standard InChI is InChI=1S/C29H45N3O6/c1-7-19(6)15-31-28(37)29(18(4)5)25(26(35)21(30)13-17(2)3)23(33)14-22(27(29)36)32-24(34)16-38-20-11-9-8-10-12-20/h8-12,17-19,21-22,25-26,35H,7,13-16,30H2,1-6H3,(H,31,37)(H,32,34)/t19?,21-,22-,25?,26+,29-/m0/s1. The van der Waals surface area contributed by atoms with Crippen molar-refractivity contribution in [2.24, 2.45) is 34.8 Å². The highest BCUT2D eigenvalue weighted by Crippen LogP contribution is 2.46. The number of aliphatic hydroxyl groups is 1. The van der Waals surface area contributed by atoms with Crippen LogP contribution in [0.1, 0.15) is 60.8 Å². The second-order valence-corrected chi connectivity index (χ2v) is 11.3. The molecule has 0 aliphatic heterocycles. The second kappa shape index (κ2) is 13.8. The molecule has 2 rings (SSSR count). The highest BCUT2D eigenvalue weighted by molar-refractivity contribution is 6.16. The number of ketones is 2. The molecule has 0 aromatic heterocycles. The lowest BCUT2D eigenvalue weighted by Crippen LogP contribution is -2.69. The summed E-state index contributed by atoms with van der Waals surface area (Å²) in [7, 11) is 0. The van der Waals surface area contributed by atoms with Crippen molar-refractivity contribution in [2.45, 2.75) is 79.0 Å².